The summed E-state index contributed by atoms with van der Waals surface area (Å²) in [6.45, 7) is 7.35. The van der Waals surface area contributed by atoms with Crippen molar-refractivity contribution < 1.29 is 4.74 Å². The predicted octanol–water partition coefficient (Wildman–Crippen LogP) is 2.86. The van der Waals surface area contributed by atoms with E-state index in [1.807, 2.05) is 29.7 Å². The molecule has 2 N–H and O–H groups in total. The Kier molecular flexibility index (Phi) is 6.86. The number of morpholine rings is 1. The summed E-state index contributed by atoms with van der Waals surface area (Å²) < 4.78 is 5.51. The fourth-order valence-electron chi connectivity index (χ4n) is 2.94. The first-order chi connectivity index (χ1) is 12.3. The van der Waals surface area contributed by atoms with Crippen molar-refractivity contribution in [1.82, 2.24) is 15.5 Å². The molecule has 3 rings (SSSR count). The molecule has 1 fully saturated rings. The molecule has 2 aromatic heterocycles. The summed E-state index contributed by atoms with van der Waals surface area (Å²) in [5.41, 5.74) is 0. The second-order valence-electron chi connectivity index (χ2n) is 6.00. The van der Waals surface area contributed by atoms with Crippen LogP contribution in [0.5, 0.6) is 0 Å². The maximum atomic E-state index is 5.51. The van der Waals surface area contributed by atoms with E-state index in [0.717, 1.165) is 45.4 Å². The molecule has 1 saturated heterocycles. The molecule has 1 aliphatic rings. The van der Waals surface area contributed by atoms with Gasteiger partial charge in [-0.3, -0.25) is 9.89 Å². The number of nitrogens with one attached hydrogen (secondary N) is 2. The molecule has 0 bridgehead atoms. The lowest BCUT2D eigenvalue weighted by Crippen LogP contribution is -2.45. The Morgan fingerprint density at radius 1 is 1.28 bits per heavy atom. The smallest absolute Gasteiger partial charge is 0.191 e. The molecule has 3 heterocycles. The van der Waals surface area contributed by atoms with Crippen LogP contribution in [-0.2, 0) is 11.3 Å². The van der Waals surface area contributed by atoms with E-state index < -0.39 is 0 Å². The number of hydrogen-bond acceptors (Lipinski definition) is 5. The molecule has 0 spiro atoms. The Bertz CT molecular complexity index is 662. The third-order valence-electron chi connectivity index (χ3n) is 4.27. The summed E-state index contributed by atoms with van der Waals surface area (Å²) in [5, 5.41) is 9.06. The summed E-state index contributed by atoms with van der Waals surface area (Å²) in [6.07, 6.45) is 0. The summed E-state index contributed by atoms with van der Waals surface area (Å²) in [4.78, 5) is 10.9. The molecule has 0 aliphatic carbocycles. The van der Waals surface area contributed by atoms with Crippen LogP contribution < -0.4 is 10.6 Å². The fourth-order valence-corrected chi connectivity index (χ4v) is 4.64. The van der Waals surface area contributed by atoms with Crippen LogP contribution in [0.3, 0.4) is 0 Å². The van der Waals surface area contributed by atoms with E-state index in [2.05, 4.69) is 57.1 Å². The first kappa shape index (κ1) is 18.4. The summed E-state index contributed by atoms with van der Waals surface area (Å²) >= 11 is 3.64. The monoisotopic (exact) mass is 378 g/mol. The number of guanidine groups is 1. The molecule has 5 nitrogen and oxygen atoms in total. The number of aryl methyl sites for hydroxylation is 1. The van der Waals surface area contributed by atoms with E-state index in [-0.39, 0.29) is 0 Å². The van der Waals surface area contributed by atoms with Crippen LogP contribution in [0.2, 0.25) is 0 Å². The van der Waals surface area contributed by atoms with E-state index in [1.165, 1.54) is 14.6 Å². The highest BCUT2D eigenvalue weighted by atomic mass is 32.1. The number of nitrogens with zero attached hydrogens (tertiary/aromatic N) is 2. The first-order valence-electron chi connectivity index (χ1n) is 8.61. The topological polar surface area (TPSA) is 48.9 Å². The number of thiophene rings is 2. The van der Waals surface area contributed by atoms with Gasteiger partial charge in [-0.1, -0.05) is 6.07 Å². The molecule has 1 aliphatic heterocycles. The van der Waals surface area contributed by atoms with Crippen molar-refractivity contribution in [3.63, 3.8) is 0 Å². The fraction of sp³-hybridized carbons (Fsp3) is 0.500. The van der Waals surface area contributed by atoms with Crippen LogP contribution >= 0.6 is 22.7 Å². The van der Waals surface area contributed by atoms with Gasteiger partial charge in [-0.25, -0.2) is 0 Å². The highest BCUT2D eigenvalue weighted by molar-refractivity contribution is 7.11. The molecule has 1 atom stereocenters. The van der Waals surface area contributed by atoms with Crippen LogP contribution in [0.15, 0.2) is 34.6 Å². The van der Waals surface area contributed by atoms with Crippen molar-refractivity contribution in [1.29, 1.82) is 0 Å². The van der Waals surface area contributed by atoms with Crippen LogP contribution in [0, 0.1) is 6.92 Å². The Morgan fingerprint density at radius 2 is 2.12 bits per heavy atom. The van der Waals surface area contributed by atoms with Crippen molar-refractivity contribution >= 4 is 28.6 Å². The SMILES string of the molecule is CN=C(NCc1ccc(C)s1)NCC(c1cccs1)N1CCOCC1. The average molecular weight is 379 g/mol. The van der Waals surface area contributed by atoms with Crippen LogP contribution in [0.1, 0.15) is 20.7 Å². The number of aliphatic imine (C=N–C) groups is 1. The lowest BCUT2D eigenvalue weighted by atomic mass is 10.2. The summed E-state index contributed by atoms with van der Waals surface area (Å²) in [7, 11) is 1.82. The van der Waals surface area contributed by atoms with Crippen LogP contribution in [-0.4, -0.2) is 50.8 Å². The molecule has 1 unspecified atom stereocenters. The normalized spacial score (nSPS) is 17.4. The van der Waals surface area contributed by atoms with Gasteiger partial charge in [-0.05, 0) is 30.5 Å². The average Bonchev–Trinajstić information content (AvgIpc) is 3.31. The van der Waals surface area contributed by atoms with Gasteiger partial charge in [0.15, 0.2) is 5.96 Å². The predicted molar refractivity (Wildman–Crippen MR) is 107 cm³/mol. The highest BCUT2D eigenvalue weighted by Gasteiger charge is 2.23. The van der Waals surface area contributed by atoms with Crippen LogP contribution in [0.4, 0.5) is 0 Å². The third kappa shape index (κ3) is 5.28. The Morgan fingerprint density at radius 3 is 2.76 bits per heavy atom. The maximum absolute atomic E-state index is 5.51. The highest BCUT2D eigenvalue weighted by Crippen LogP contribution is 2.25. The van der Waals surface area contributed by atoms with Gasteiger partial charge in [0.1, 0.15) is 0 Å². The lowest BCUT2D eigenvalue weighted by Gasteiger charge is -2.34. The molecule has 25 heavy (non-hydrogen) atoms. The van der Waals surface area contributed by atoms with Gasteiger partial charge in [-0.2, -0.15) is 0 Å². The minimum absolute atomic E-state index is 0.353. The van der Waals surface area contributed by atoms with E-state index in [0.29, 0.717) is 6.04 Å². The molecule has 0 amide bonds. The molecular formula is C18H26N4OS2. The van der Waals surface area contributed by atoms with Crippen molar-refractivity contribution in [2.24, 2.45) is 4.99 Å². The number of rotatable bonds is 6. The van der Waals surface area contributed by atoms with E-state index in [9.17, 15) is 0 Å². The number of hydrogen-bond donors (Lipinski definition) is 2. The van der Waals surface area contributed by atoms with Gasteiger partial charge >= 0.3 is 0 Å². The van der Waals surface area contributed by atoms with Gasteiger partial charge in [0.25, 0.3) is 0 Å². The van der Waals surface area contributed by atoms with Crippen molar-refractivity contribution in [3.05, 3.63) is 44.3 Å². The molecule has 0 saturated carbocycles. The lowest BCUT2D eigenvalue weighted by molar-refractivity contribution is 0.0177. The van der Waals surface area contributed by atoms with E-state index in [1.54, 1.807) is 0 Å². The first-order valence-corrected chi connectivity index (χ1v) is 10.3. The maximum Gasteiger partial charge on any atom is 0.191 e. The van der Waals surface area contributed by atoms with Gasteiger partial charge in [0.05, 0.1) is 25.8 Å². The summed E-state index contributed by atoms with van der Waals surface area (Å²) in [6, 6.07) is 9.02. The van der Waals surface area contributed by atoms with E-state index in [4.69, 9.17) is 4.74 Å². The molecule has 7 heteroatoms. The van der Waals surface area contributed by atoms with Crippen LogP contribution in [0.25, 0.3) is 0 Å². The minimum atomic E-state index is 0.353. The quantitative estimate of drug-likeness (QED) is 0.599. The standard InChI is InChI=1S/C18H26N4OS2/c1-14-5-6-15(25-14)12-20-18(19-2)21-13-16(17-4-3-11-24-17)22-7-9-23-10-8-22/h3-6,11,16H,7-10,12-13H2,1-2H3,(H2,19,20,21). The Labute approximate surface area is 157 Å². The largest absolute Gasteiger partial charge is 0.379 e. The van der Waals surface area contributed by atoms with Crippen molar-refractivity contribution in [3.8, 4) is 0 Å². The number of ether oxygens (including phenoxy) is 1. The van der Waals surface area contributed by atoms with Gasteiger partial charge in [0.2, 0.25) is 0 Å². The van der Waals surface area contributed by atoms with Gasteiger partial charge < -0.3 is 15.4 Å². The van der Waals surface area contributed by atoms with Crippen molar-refractivity contribution in [2.75, 3.05) is 39.9 Å². The zero-order valence-electron chi connectivity index (χ0n) is 14.8. The van der Waals surface area contributed by atoms with Crippen molar-refractivity contribution in [2.45, 2.75) is 19.5 Å². The molecule has 0 aromatic carbocycles. The van der Waals surface area contributed by atoms with E-state index >= 15 is 0 Å². The minimum Gasteiger partial charge on any atom is -0.379 e. The zero-order valence-corrected chi connectivity index (χ0v) is 16.5. The molecular weight excluding hydrogens is 352 g/mol. The molecule has 2 aromatic rings. The molecule has 136 valence electrons. The third-order valence-corrected chi connectivity index (χ3v) is 6.24. The summed E-state index contributed by atoms with van der Waals surface area (Å²) in [5.74, 6) is 0.848. The van der Waals surface area contributed by atoms with Gasteiger partial charge in [-0.15, -0.1) is 22.7 Å². The second-order valence-corrected chi connectivity index (χ2v) is 8.35. The Balaban J connectivity index is 1.57. The second kappa shape index (κ2) is 9.33. The zero-order chi connectivity index (χ0) is 17.5. The van der Waals surface area contributed by atoms with Gasteiger partial charge in [0, 0.05) is 41.3 Å². The molecule has 0 radical (unpaired) electrons. The Hall–Kier alpha value is -1.41.